The summed E-state index contributed by atoms with van der Waals surface area (Å²) in [6.45, 7) is 2.31. The summed E-state index contributed by atoms with van der Waals surface area (Å²) in [6, 6.07) is 28.2. The van der Waals surface area contributed by atoms with Crippen LogP contribution in [0.2, 0.25) is 5.02 Å². The SMILES string of the molecule is C[C@]1(NC(=O)OCc2ccccc2)CCC[C@@H](Nc2ncc(Cl)c(-c3cn(-c4ccccc4)c4ccccc34)n2)C1. The number of aromatic nitrogens is 3. The lowest BCUT2D eigenvalue weighted by Gasteiger charge is -2.38. The number of nitrogens with zero attached hydrogens (tertiary/aromatic N) is 3. The number of alkyl carbamates (subject to hydrolysis) is 1. The summed E-state index contributed by atoms with van der Waals surface area (Å²) in [6.07, 6.45) is 6.84. The van der Waals surface area contributed by atoms with Crippen LogP contribution in [0.4, 0.5) is 10.7 Å². The molecular weight excluding hydrogens is 534 g/mol. The number of nitrogens with one attached hydrogen (secondary N) is 2. The van der Waals surface area contributed by atoms with E-state index >= 15 is 0 Å². The normalized spacial score (nSPS) is 18.6. The van der Waals surface area contributed by atoms with E-state index in [0.717, 1.165) is 53.4 Å². The topological polar surface area (TPSA) is 81.1 Å². The van der Waals surface area contributed by atoms with Crippen LogP contribution in [0.25, 0.3) is 27.8 Å². The summed E-state index contributed by atoms with van der Waals surface area (Å²) in [5, 5.41) is 8.16. The van der Waals surface area contributed by atoms with E-state index in [1.165, 1.54) is 0 Å². The van der Waals surface area contributed by atoms with E-state index in [9.17, 15) is 4.79 Å². The maximum absolute atomic E-state index is 12.6. The Morgan fingerprint density at radius 2 is 1.78 bits per heavy atom. The zero-order valence-corrected chi connectivity index (χ0v) is 23.6. The molecule has 2 heterocycles. The first-order valence-electron chi connectivity index (χ1n) is 13.9. The van der Waals surface area contributed by atoms with Crippen LogP contribution in [0, 0.1) is 0 Å². The lowest BCUT2D eigenvalue weighted by molar-refractivity contribution is 0.120. The maximum atomic E-state index is 12.6. The minimum Gasteiger partial charge on any atom is -0.445 e. The monoisotopic (exact) mass is 565 g/mol. The predicted molar refractivity (Wildman–Crippen MR) is 163 cm³/mol. The number of carbonyl (C=O) groups excluding carboxylic acids is 1. The molecule has 2 aromatic heterocycles. The number of carbonyl (C=O) groups is 1. The van der Waals surface area contributed by atoms with Gasteiger partial charge in [0.05, 0.1) is 22.4 Å². The van der Waals surface area contributed by atoms with E-state index in [0.29, 0.717) is 16.7 Å². The number of anilines is 1. The molecule has 1 saturated carbocycles. The van der Waals surface area contributed by atoms with Gasteiger partial charge in [-0.2, -0.15) is 0 Å². The van der Waals surface area contributed by atoms with Crippen LogP contribution in [0.15, 0.2) is 97.3 Å². The molecule has 208 valence electrons. The Hall–Kier alpha value is -4.36. The van der Waals surface area contributed by atoms with Crippen molar-refractivity contribution in [1.82, 2.24) is 19.9 Å². The summed E-state index contributed by atoms with van der Waals surface area (Å²) < 4.78 is 7.64. The Balaban J connectivity index is 1.19. The van der Waals surface area contributed by atoms with Gasteiger partial charge in [0.2, 0.25) is 5.95 Å². The molecule has 0 unspecified atom stereocenters. The fourth-order valence-corrected chi connectivity index (χ4v) is 5.90. The van der Waals surface area contributed by atoms with Gasteiger partial charge in [-0.1, -0.05) is 78.3 Å². The molecular formula is C33H32ClN5O2. The highest BCUT2D eigenvalue weighted by Gasteiger charge is 2.34. The summed E-state index contributed by atoms with van der Waals surface area (Å²) >= 11 is 6.68. The second-order valence-corrected chi connectivity index (χ2v) is 11.2. The molecule has 0 radical (unpaired) electrons. The molecule has 1 aliphatic carbocycles. The first-order chi connectivity index (χ1) is 20.0. The molecule has 0 saturated heterocycles. The molecule has 3 aromatic carbocycles. The van der Waals surface area contributed by atoms with Crippen molar-refractivity contribution in [1.29, 1.82) is 0 Å². The molecule has 2 atom stereocenters. The van der Waals surface area contributed by atoms with Crippen molar-refractivity contribution in [3.63, 3.8) is 0 Å². The third-order valence-electron chi connectivity index (χ3n) is 7.67. The van der Waals surface area contributed by atoms with Gasteiger partial charge in [0, 0.05) is 34.4 Å². The van der Waals surface area contributed by atoms with Crippen LogP contribution in [-0.2, 0) is 11.3 Å². The molecule has 8 heteroatoms. The number of hydrogen-bond acceptors (Lipinski definition) is 5. The van der Waals surface area contributed by atoms with Gasteiger partial charge in [0.1, 0.15) is 6.61 Å². The number of ether oxygens (including phenoxy) is 1. The second-order valence-electron chi connectivity index (χ2n) is 10.8. The smallest absolute Gasteiger partial charge is 0.407 e. The highest BCUT2D eigenvalue weighted by molar-refractivity contribution is 6.33. The van der Waals surface area contributed by atoms with Crippen molar-refractivity contribution in [2.24, 2.45) is 0 Å². The summed E-state index contributed by atoms with van der Waals surface area (Å²) in [4.78, 5) is 22.0. The number of benzene rings is 3. The lowest BCUT2D eigenvalue weighted by Crippen LogP contribution is -2.51. The standard InChI is InChI=1S/C33H32ClN5O2/c1-33(38-32(40)41-22-23-11-4-2-5-12-23)18-10-13-24(19-33)36-31-35-20-28(34)30(37-31)27-21-39(25-14-6-3-7-15-25)29-17-9-8-16-26(27)29/h2-9,11-12,14-17,20-21,24H,10,13,18-19,22H2,1H3,(H,38,40)(H,35,36,37)/t24-,33+/m1/s1. The van der Waals surface area contributed by atoms with Crippen LogP contribution < -0.4 is 10.6 Å². The number of halogens is 1. The Morgan fingerprint density at radius 1 is 1.05 bits per heavy atom. The van der Waals surface area contributed by atoms with Gasteiger partial charge >= 0.3 is 6.09 Å². The van der Waals surface area contributed by atoms with E-state index < -0.39 is 11.6 Å². The van der Waals surface area contributed by atoms with Gasteiger partial charge in [-0.3, -0.25) is 0 Å². The van der Waals surface area contributed by atoms with Crippen LogP contribution in [-0.4, -0.2) is 32.2 Å². The predicted octanol–water partition coefficient (Wildman–Crippen LogP) is 7.78. The van der Waals surface area contributed by atoms with Crippen molar-refractivity contribution in [3.05, 3.63) is 108 Å². The minimum absolute atomic E-state index is 0.0860. The number of rotatable bonds is 7. The number of amides is 1. The van der Waals surface area contributed by atoms with Crippen molar-refractivity contribution in [2.45, 2.75) is 50.8 Å². The van der Waals surface area contributed by atoms with E-state index in [-0.39, 0.29) is 12.6 Å². The van der Waals surface area contributed by atoms with Crippen molar-refractivity contribution < 1.29 is 9.53 Å². The number of fused-ring (bicyclic) bond motifs is 1. The Kier molecular flexibility index (Phi) is 7.61. The van der Waals surface area contributed by atoms with Crippen molar-refractivity contribution >= 4 is 34.5 Å². The Morgan fingerprint density at radius 3 is 2.59 bits per heavy atom. The largest absolute Gasteiger partial charge is 0.445 e. The molecule has 6 rings (SSSR count). The molecule has 41 heavy (non-hydrogen) atoms. The average molecular weight is 566 g/mol. The second kappa shape index (κ2) is 11.6. The van der Waals surface area contributed by atoms with E-state index in [1.807, 2.05) is 60.7 Å². The fraction of sp³-hybridized carbons (Fsp3) is 0.242. The van der Waals surface area contributed by atoms with Gasteiger partial charge < -0.3 is 19.9 Å². The number of para-hydroxylation sites is 2. The Bertz CT molecular complexity index is 1660. The van der Waals surface area contributed by atoms with Crippen LogP contribution in [0.5, 0.6) is 0 Å². The van der Waals surface area contributed by atoms with Gasteiger partial charge in [-0.15, -0.1) is 0 Å². The maximum Gasteiger partial charge on any atom is 0.407 e. The van der Waals surface area contributed by atoms with Gasteiger partial charge in [-0.25, -0.2) is 14.8 Å². The zero-order chi connectivity index (χ0) is 28.2. The lowest BCUT2D eigenvalue weighted by atomic mass is 9.80. The van der Waals surface area contributed by atoms with Gasteiger partial charge in [0.25, 0.3) is 0 Å². The van der Waals surface area contributed by atoms with Gasteiger partial charge in [0.15, 0.2) is 0 Å². The van der Waals surface area contributed by atoms with E-state index in [1.54, 1.807) is 6.20 Å². The molecule has 1 fully saturated rings. The average Bonchev–Trinajstić information content (AvgIpc) is 3.37. The highest BCUT2D eigenvalue weighted by atomic mass is 35.5. The highest BCUT2D eigenvalue weighted by Crippen LogP contribution is 2.36. The van der Waals surface area contributed by atoms with E-state index in [4.69, 9.17) is 21.3 Å². The molecule has 7 nitrogen and oxygen atoms in total. The van der Waals surface area contributed by atoms with Gasteiger partial charge in [-0.05, 0) is 56.4 Å². The molecule has 0 aliphatic heterocycles. The molecule has 2 N–H and O–H groups in total. The first-order valence-corrected chi connectivity index (χ1v) is 14.3. The first kappa shape index (κ1) is 26.8. The van der Waals surface area contributed by atoms with Crippen LogP contribution >= 0.6 is 11.6 Å². The molecule has 1 amide bonds. The summed E-state index contributed by atoms with van der Waals surface area (Å²) in [5.74, 6) is 0.516. The number of hydrogen-bond donors (Lipinski definition) is 2. The fourth-order valence-electron chi connectivity index (χ4n) is 5.71. The zero-order valence-electron chi connectivity index (χ0n) is 22.9. The summed E-state index contributed by atoms with van der Waals surface area (Å²) in [7, 11) is 0. The summed E-state index contributed by atoms with van der Waals surface area (Å²) in [5.41, 5.74) is 4.31. The van der Waals surface area contributed by atoms with Crippen LogP contribution in [0.3, 0.4) is 0 Å². The molecule has 5 aromatic rings. The minimum atomic E-state index is -0.406. The van der Waals surface area contributed by atoms with E-state index in [2.05, 4.69) is 57.6 Å². The van der Waals surface area contributed by atoms with Crippen molar-refractivity contribution in [3.8, 4) is 16.9 Å². The quantitative estimate of drug-likeness (QED) is 0.210. The molecule has 1 aliphatic rings. The molecule has 0 spiro atoms. The molecule has 0 bridgehead atoms. The van der Waals surface area contributed by atoms with Crippen LogP contribution in [0.1, 0.15) is 38.2 Å². The van der Waals surface area contributed by atoms with Crippen molar-refractivity contribution in [2.75, 3.05) is 5.32 Å². The Labute approximate surface area is 244 Å². The third-order valence-corrected chi connectivity index (χ3v) is 7.95. The third kappa shape index (κ3) is 6.05.